The topological polar surface area (TPSA) is 68.2 Å². The summed E-state index contributed by atoms with van der Waals surface area (Å²) in [5.41, 5.74) is 0.885. The van der Waals surface area contributed by atoms with Gasteiger partial charge >= 0.3 is 0 Å². The van der Waals surface area contributed by atoms with Crippen LogP contribution in [-0.4, -0.2) is 42.0 Å². The molecule has 0 saturated carbocycles. The summed E-state index contributed by atoms with van der Waals surface area (Å²) >= 11 is 0. The standard InChI is InChI=1S/C11H18N4O2/c1-7-4-10(15(3)14-7)13-11(16)8-5-17-6-9(8)12-2/h4,8-9,12H,5-6H2,1-3H3,(H,13,16). The highest BCUT2D eigenvalue weighted by atomic mass is 16.5. The molecular formula is C11H18N4O2. The zero-order valence-corrected chi connectivity index (χ0v) is 10.4. The van der Waals surface area contributed by atoms with Crippen LogP contribution in [0.5, 0.6) is 0 Å². The molecule has 17 heavy (non-hydrogen) atoms. The molecule has 6 nitrogen and oxygen atoms in total. The molecule has 1 fully saturated rings. The Morgan fingerprint density at radius 1 is 1.59 bits per heavy atom. The molecule has 1 aliphatic rings. The SMILES string of the molecule is CNC1COCC1C(=O)Nc1cc(C)nn1C. The summed E-state index contributed by atoms with van der Waals surface area (Å²) in [5, 5.41) is 10.2. The molecule has 0 aliphatic carbocycles. The first kappa shape index (κ1) is 12.1. The highest BCUT2D eigenvalue weighted by Gasteiger charge is 2.33. The molecule has 2 N–H and O–H groups in total. The summed E-state index contributed by atoms with van der Waals surface area (Å²) in [6, 6.07) is 1.94. The number of likely N-dealkylation sites (N-methyl/N-ethyl adjacent to an activating group) is 1. The van der Waals surface area contributed by atoms with Crippen molar-refractivity contribution in [3.8, 4) is 0 Å². The number of carbonyl (C=O) groups is 1. The second-order valence-corrected chi connectivity index (χ2v) is 4.32. The van der Waals surface area contributed by atoms with Gasteiger partial charge < -0.3 is 15.4 Å². The van der Waals surface area contributed by atoms with Crippen LogP contribution in [0.1, 0.15) is 5.69 Å². The fourth-order valence-electron chi connectivity index (χ4n) is 2.04. The van der Waals surface area contributed by atoms with Gasteiger partial charge in [0.05, 0.1) is 24.8 Å². The molecule has 0 spiro atoms. The summed E-state index contributed by atoms with van der Waals surface area (Å²) in [5.74, 6) is 0.550. The van der Waals surface area contributed by atoms with E-state index in [1.165, 1.54) is 0 Å². The lowest BCUT2D eigenvalue weighted by molar-refractivity contribution is -0.120. The second kappa shape index (κ2) is 4.85. The third-order valence-corrected chi connectivity index (χ3v) is 3.04. The van der Waals surface area contributed by atoms with Crippen LogP contribution < -0.4 is 10.6 Å². The number of hydrogen-bond donors (Lipinski definition) is 2. The smallest absolute Gasteiger partial charge is 0.232 e. The summed E-state index contributed by atoms with van der Waals surface area (Å²) in [6.45, 7) is 2.94. The van der Waals surface area contributed by atoms with E-state index in [4.69, 9.17) is 4.74 Å². The van der Waals surface area contributed by atoms with Crippen molar-refractivity contribution >= 4 is 11.7 Å². The van der Waals surface area contributed by atoms with E-state index >= 15 is 0 Å². The molecule has 1 aliphatic heterocycles. The van der Waals surface area contributed by atoms with Crippen molar-refractivity contribution in [2.75, 3.05) is 25.6 Å². The Kier molecular flexibility index (Phi) is 3.44. The van der Waals surface area contributed by atoms with Gasteiger partial charge in [-0.15, -0.1) is 0 Å². The van der Waals surface area contributed by atoms with Crippen LogP contribution in [0.2, 0.25) is 0 Å². The van der Waals surface area contributed by atoms with Gasteiger partial charge in [0.15, 0.2) is 0 Å². The first-order valence-electron chi connectivity index (χ1n) is 5.68. The molecule has 0 bridgehead atoms. The number of anilines is 1. The monoisotopic (exact) mass is 238 g/mol. The molecule has 1 aromatic heterocycles. The first-order valence-corrected chi connectivity index (χ1v) is 5.68. The number of nitrogens with one attached hydrogen (secondary N) is 2. The van der Waals surface area contributed by atoms with E-state index in [1.54, 1.807) is 4.68 Å². The van der Waals surface area contributed by atoms with E-state index in [-0.39, 0.29) is 17.9 Å². The van der Waals surface area contributed by atoms with Crippen LogP contribution >= 0.6 is 0 Å². The van der Waals surface area contributed by atoms with Crippen LogP contribution in [0.25, 0.3) is 0 Å². The van der Waals surface area contributed by atoms with Crippen LogP contribution in [0, 0.1) is 12.8 Å². The lowest BCUT2D eigenvalue weighted by Gasteiger charge is -2.16. The lowest BCUT2D eigenvalue weighted by atomic mass is 10.0. The molecule has 6 heteroatoms. The van der Waals surface area contributed by atoms with Crippen LogP contribution in [0.3, 0.4) is 0 Å². The van der Waals surface area contributed by atoms with Crippen LogP contribution in [0.15, 0.2) is 6.07 Å². The number of carbonyl (C=O) groups excluding carboxylic acids is 1. The third kappa shape index (κ3) is 2.48. The van der Waals surface area contributed by atoms with Gasteiger partial charge in [-0.1, -0.05) is 0 Å². The molecule has 94 valence electrons. The van der Waals surface area contributed by atoms with Crippen molar-refractivity contribution in [2.45, 2.75) is 13.0 Å². The van der Waals surface area contributed by atoms with Crippen molar-refractivity contribution in [2.24, 2.45) is 13.0 Å². The molecule has 0 radical (unpaired) electrons. The molecule has 1 saturated heterocycles. The maximum absolute atomic E-state index is 12.1. The van der Waals surface area contributed by atoms with Gasteiger partial charge in [0.2, 0.25) is 5.91 Å². The summed E-state index contributed by atoms with van der Waals surface area (Å²) in [7, 11) is 3.65. The number of aryl methyl sites for hydroxylation is 2. The highest BCUT2D eigenvalue weighted by Crippen LogP contribution is 2.16. The van der Waals surface area contributed by atoms with Crippen molar-refractivity contribution in [1.82, 2.24) is 15.1 Å². The average molecular weight is 238 g/mol. The van der Waals surface area contributed by atoms with E-state index in [0.717, 1.165) is 5.69 Å². The molecule has 2 heterocycles. The summed E-state index contributed by atoms with van der Waals surface area (Å²) < 4.78 is 6.97. The lowest BCUT2D eigenvalue weighted by Crippen LogP contribution is -2.39. The van der Waals surface area contributed by atoms with Crippen molar-refractivity contribution in [3.63, 3.8) is 0 Å². The Bertz CT molecular complexity index is 416. The predicted molar refractivity (Wildman–Crippen MR) is 63.7 cm³/mol. The maximum atomic E-state index is 12.1. The van der Waals surface area contributed by atoms with Crippen LogP contribution in [0.4, 0.5) is 5.82 Å². The number of hydrogen-bond acceptors (Lipinski definition) is 4. The minimum atomic E-state index is -0.143. The Morgan fingerprint density at radius 2 is 2.35 bits per heavy atom. The van der Waals surface area contributed by atoms with Gasteiger partial charge in [-0.3, -0.25) is 9.48 Å². The largest absolute Gasteiger partial charge is 0.379 e. The Morgan fingerprint density at radius 3 is 2.94 bits per heavy atom. The predicted octanol–water partition coefficient (Wildman–Crippen LogP) is -0.0986. The number of nitrogens with zero attached hydrogens (tertiary/aromatic N) is 2. The molecule has 1 aromatic rings. The fraction of sp³-hybridized carbons (Fsp3) is 0.636. The molecule has 2 unspecified atom stereocenters. The van der Waals surface area contributed by atoms with E-state index in [9.17, 15) is 4.79 Å². The highest BCUT2D eigenvalue weighted by molar-refractivity contribution is 5.92. The van der Waals surface area contributed by atoms with Crippen molar-refractivity contribution in [1.29, 1.82) is 0 Å². The number of aromatic nitrogens is 2. The maximum Gasteiger partial charge on any atom is 0.232 e. The fourth-order valence-corrected chi connectivity index (χ4v) is 2.04. The first-order chi connectivity index (χ1) is 8.11. The summed E-state index contributed by atoms with van der Waals surface area (Å²) in [4.78, 5) is 12.1. The Hall–Kier alpha value is -1.40. The normalized spacial score (nSPS) is 23.9. The van der Waals surface area contributed by atoms with Crippen molar-refractivity contribution < 1.29 is 9.53 Å². The van der Waals surface area contributed by atoms with E-state index in [0.29, 0.717) is 19.0 Å². The Labute approximate surface area is 100 Å². The van der Waals surface area contributed by atoms with E-state index < -0.39 is 0 Å². The quantitative estimate of drug-likeness (QED) is 0.771. The third-order valence-electron chi connectivity index (χ3n) is 3.04. The molecular weight excluding hydrogens is 220 g/mol. The number of ether oxygens (including phenoxy) is 1. The van der Waals surface area contributed by atoms with Gasteiger partial charge in [0, 0.05) is 19.2 Å². The van der Waals surface area contributed by atoms with Gasteiger partial charge in [0.1, 0.15) is 5.82 Å². The zero-order chi connectivity index (χ0) is 12.4. The van der Waals surface area contributed by atoms with Gasteiger partial charge in [-0.2, -0.15) is 5.10 Å². The van der Waals surface area contributed by atoms with Gasteiger partial charge in [0.25, 0.3) is 0 Å². The number of rotatable bonds is 3. The zero-order valence-electron chi connectivity index (χ0n) is 10.4. The van der Waals surface area contributed by atoms with Gasteiger partial charge in [-0.25, -0.2) is 0 Å². The van der Waals surface area contributed by atoms with E-state index in [2.05, 4.69) is 15.7 Å². The molecule has 1 amide bonds. The summed E-state index contributed by atoms with van der Waals surface area (Å²) in [6.07, 6.45) is 0. The van der Waals surface area contributed by atoms with Crippen molar-refractivity contribution in [3.05, 3.63) is 11.8 Å². The average Bonchev–Trinajstić information content (AvgIpc) is 2.85. The number of amides is 1. The minimum Gasteiger partial charge on any atom is -0.379 e. The molecule has 0 aromatic carbocycles. The van der Waals surface area contributed by atoms with Crippen LogP contribution in [-0.2, 0) is 16.6 Å². The molecule has 2 rings (SSSR count). The Balaban J connectivity index is 2.04. The second-order valence-electron chi connectivity index (χ2n) is 4.32. The van der Waals surface area contributed by atoms with E-state index in [1.807, 2.05) is 27.1 Å². The van der Waals surface area contributed by atoms with Gasteiger partial charge in [-0.05, 0) is 14.0 Å². The minimum absolute atomic E-state index is 0.0233. The molecule has 2 atom stereocenters.